The molecule has 3 aromatic rings. The lowest BCUT2D eigenvalue weighted by molar-refractivity contribution is -0.384. The van der Waals surface area contributed by atoms with Gasteiger partial charge in [0.25, 0.3) is 11.6 Å². The highest BCUT2D eigenvalue weighted by atomic mass is 16.6. The number of benzene rings is 1. The maximum atomic E-state index is 12.9. The molecule has 0 unspecified atom stereocenters. The third-order valence-corrected chi connectivity index (χ3v) is 5.70. The predicted molar refractivity (Wildman–Crippen MR) is 111 cm³/mol. The van der Waals surface area contributed by atoms with Crippen LogP contribution in [0.2, 0.25) is 0 Å². The van der Waals surface area contributed by atoms with E-state index in [1.54, 1.807) is 6.21 Å². The van der Waals surface area contributed by atoms with Crippen molar-refractivity contribution in [3.8, 4) is 17.1 Å². The molecule has 0 saturated heterocycles. The Bertz CT molecular complexity index is 1240. The van der Waals surface area contributed by atoms with Crippen LogP contribution in [-0.2, 0) is 0 Å². The first-order valence-electron chi connectivity index (χ1n) is 9.82. The number of nitrogen functional groups attached to an aromatic ring is 1. The van der Waals surface area contributed by atoms with Crippen molar-refractivity contribution in [1.29, 1.82) is 0 Å². The van der Waals surface area contributed by atoms with Crippen LogP contribution in [0.15, 0.2) is 46.1 Å². The van der Waals surface area contributed by atoms with Crippen LogP contribution in [0.3, 0.4) is 0 Å². The number of fused-ring (bicyclic) bond motifs is 2. The largest absolute Gasteiger partial charge is 0.378 e. The number of aromatic nitrogens is 5. The molecule has 1 amide bonds. The van der Waals surface area contributed by atoms with Gasteiger partial charge in [0.05, 0.1) is 4.92 Å². The van der Waals surface area contributed by atoms with Gasteiger partial charge in [-0.25, -0.2) is 10.1 Å². The highest BCUT2D eigenvalue weighted by molar-refractivity contribution is 5.98. The summed E-state index contributed by atoms with van der Waals surface area (Å²) in [6, 6.07) is 5.55. The smallest absolute Gasteiger partial charge is 0.294 e. The van der Waals surface area contributed by atoms with E-state index in [1.165, 1.54) is 28.9 Å². The van der Waals surface area contributed by atoms with E-state index in [9.17, 15) is 14.9 Å². The van der Waals surface area contributed by atoms with Crippen LogP contribution >= 0.6 is 0 Å². The van der Waals surface area contributed by atoms with Crippen LogP contribution in [-0.4, -0.2) is 42.4 Å². The van der Waals surface area contributed by atoms with Gasteiger partial charge in [-0.3, -0.25) is 14.9 Å². The number of nitro groups is 1. The Hall–Kier alpha value is -4.42. The summed E-state index contributed by atoms with van der Waals surface area (Å²) < 4.78 is 5.81. The Kier molecular flexibility index (Phi) is 4.69. The van der Waals surface area contributed by atoms with E-state index in [2.05, 4.69) is 47.9 Å². The number of carbonyl (C=O) groups excluding carboxylic acids is 1. The molecule has 1 fully saturated rings. The first kappa shape index (κ1) is 19.5. The van der Waals surface area contributed by atoms with Gasteiger partial charge in [-0.05, 0) is 47.1 Å². The summed E-state index contributed by atoms with van der Waals surface area (Å²) in [6.45, 7) is 0. The van der Waals surface area contributed by atoms with Gasteiger partial charge in [0.15, 0.2) is 5.69 Å². The maximum Gasteiger partial charge on any atom is 0.294 e. The van der Waals surface area contributed by atoms with E-state index < -0.39 is 10.8 Å². The zero-order valence-corrected chi connectivity index (χ0v) is 16.5. The molecule has 2 heterocycles. The predicted octanol–water partition coefficient (Wildman–Crippen LogP) is 1.74. The first-order valence-corrected chi connectivity index (χ1v) is 9.82. The summed E-state index contributed by atoms with van der Waals surface area (Å²) in [5.41, 5.74) is 8.73. The Balaban J connectivity index is 1.45. The summed E-state index contributed by atoms with van der Waals surface area (Å²) >= 11 is 0. The average molecular weight is 435 g/mol. The molecule has 2 aliphatic carbocycles. The van der Waals surface area contributed by atoms with E-state index in [4.69, 9.17) is 5.73 Å². The quantitative estimate of drug-likeness (QED) is 0.252. The Morgan fingerprint density at radius 2 is 2.09 bits per heavy atom. The summed E-state index contributed by atoms with van der Waals surface area (Å²) in [4.78, 5) is 23.3. The van der Waals surface area contributed by atoms with Gasteiger partial charge in [0.1, 0.15) is 5.69 Å². The van der Waals surface area contributed by atoms with Gasteiger partial charge in [0.2, 0.25) is 11.6 Å². The minimum Gasteiger partial charge on any atom is -0.378 e. The van der Waals surface area contributed by atoms with Crippen LogP contribution in [0.4, 0.5) is 11.5 Å². The molecule has 13 nitrogen and oxygen atoms in total. The minimum absolute atomic E-state index is 0.0298. The van der Waals surface area contributed by atoms with Crippen LogP contribution in [0, 0.1) is 27.9 Å². The molecule has 2 bridgehead atoms. The van der Waals surface area contributed by atoms with Gasteiger partial charge in [0, 0.05) is 29.8 Å². The number of carbonyl (C=O) groups is 1. The zero-order valence-electron chi connectivity index (χ0n) is 16.5. The molecule has 5 rings (SSSR count). The fraction of sp³-hybridized carbons (Fsp3) is 0.263. The topological polar surface area (TPSA) is 180 Å². The normalized spacial score (nSPS) is 21.4. The van der Waals surface area contributed by atoms with Gasteiger partial charge < -0.3 is 5.73 Å². The fourth-order valence-corrected chi connectivity index (χ4v) is 4.16. The van der Waals surface area contributed by atoms with Crippen LogP contribution in [0.5, 0.6) is 0 Å². The standard InChI is InChI=1S/C19H17N9O4/c20-17-18(25-32-24-17)27-16(11-3-5-14(6-4-11)28(30)31)15(22-26-27)19(29)23-21-9-13-8-10-1-2-12(13)7-10/h1-6,9-10,12-13H,7-8H2,(H2,20,24)(H,23,29)/b21-9-/t10-,12-,13+/m0/s1. The lowest BCUT2D eigenvalue weighted by atomic mass is 9.95. The molecule has 2 aliphatic rings. The number of hydrazone groups is 1. The summed E-state index contributed by atoms with van der Waals surface area (Å²) in [6.07, 6.45) is 8.31. The number of non-ortho nitro benzene ring substituents is 1. The fourth-order valence-electron chi connectivity index (χ4n) is 4.16. The number of allylic oxidation sites excluding steroid dienone is 2. The Morgan fingerprint density at radius 3 is 2.72 bits per heavy atom. The number of amides is 1. The lowest BCUT2D eigenvalue weighted by Crippen LogP contribution is -2.21. The molecule has 1 aromatic carbocycles. The van der Waals surface area contributed by atoms with E-state index in [0.29, 0.717) is 17.4 Å². The van der Waals surface area contributed by atoms with E-state index in [0.717, 1.165) is 12.8 Å². The third kappa shape index (κ3) is 3.38. The van der Waals surface area contributed by atoms with E-state index in [-0.39, 0.29) is 34.6 Å². The van der Waals surface area contributed by atoms with Crippen molar-refractivity contribution in [2.75, 3.05) is 5.73 Å². The van der Waals surface area contributed by atoms with E-state index in [1.807, 2.05) is 0 Å². The molecule has 0 spiro atoms. The molecule has 32 heavy (non-hydrogen) atoms. The van der Waals surface area contributed by atoms with Gasteiger partial charge in [-0.15, -0.1) is 5.10 Å². The second-order valence-corrected chi connectivity index (χ2v) is 7.64. The number of anilines is 1. The number of rotatable bonds is 6. The molecule has 3 atom stereocenters. The monoisotopic (exact) mass is 435 g/mol. The van der Waals surface area contributed by atoms with Gasteiger partial charge in [-0.2, -0.15) is 9.78 Å². The van der Waals surface area contributed by atoms with Crippen molar-refractivity contribution >= 4 is 23.6 Å². The Morgan fingerprint density at radius 1 is 1.28 bits per heavy atom. The highest BCUT2D eigenvalue weighted by Gasteiger charge is 2.34. The van der Waals surface area contributed by atoms with Gasteiger partial charge >= 0.3 is 0 Å². The number of nitrogens with two attached hydrogens (primary N) is 1. The second-order valence-electron chi connectivity index (χ2n) is 7.64. The number of nitrogens with one attached hydrogen (secondary N) is 1. The van der Waals surface area contributed by atoms with Crippen molar-refractivity contribution in [3.05, 3.63) is 52.2 Å². The molecule has 0 radical (unpaired) electrons. The zero-order chi connectivity index (χ0) is 22.2. The molecule has 2 aromatic heterocycles. The van der Waals surface area contributed by atoms with Crippen molar-refractivity contribution in [2.45, 2.75) is 12.8 Å². The molecular weight excluding hydrogens is 418 g/mol. The molecule has 162 valence electrons. The summed E-state index contributed by atoms with van der Waals surface area (Å²) in [5.74, 6) is 0.697. The van der Waals surface area contributed by atoms with Crippen LogP contribution in [0.1, 0.15) is 23.3 Å². The van der Waals surface area contributed by atoms with E-state index >= 15 is 0 Å². The van der Waals surface area contributed by atoms with Crippen molar-refractivity contribution in [1.82, 2.24) is 30.7 Å². The third-order valence-electron chi connectivity index (χ3n) is 5.70. The maximum absolute atomic E-state index is 12.9. The molecular formula is C19H17N9O4. The van der Waals surface area contributed by atoms with Crippen molar-refractivity contribution in [3.63, 3.8) is 0 Å². The van der Waals surface area contributed by atoms with Crippen LogP contribution < -0.4 is 11.2 Å². The average Bonchev–Trinajstić information content (AvgIpc) is 3.57. The number of hydrogen-bond acceptors (Lipinski definition) is 10. The van der Waals surface area contributed by atoms with Crippen LogP contribution in [0.25, 0.3) is 17.1 Å². The van der Waals surface area contributed by atoms with Gasteiger partial charge in [-0.1, -0.05) is 17.4 Å². The number of hydrogen-bond donors (Lipinski definition) is 2. The highest BCUT2D eigenvalue weighted by Crippen LogP contribution is 2.42. The summed E-state index contributed by atoms with van der Waals surface area (Å²) in [7, 11) is 0. The number of nitrogens with zero attached hydrogens (tertiary/aromatic N) is 7. The second kappa shape index (κ2) is 7.68. The number of nitro benzene ring substituents is 1. The molecule has 3 N–H and O–H groups in total. The van der Waals surface area contributed by atoms with Crippen molar-refractivity contribution < 1.29 is 14.3 Å². The first-order chi connectivity index (χ1) is 15.5. The molecule has 1 saturated carbocycles. The minimum atomic E-state index is -0.602. The Labute approximate surface area is 180 Å². The SMILES string of the molecule is Nc1nonc1-n1nnc(C(=O)N/N=C\[C@H]2C[C@H]3C=C[C@H]2C3)c1-c1ccc([N+](=O)[O-])cc1. The molecule has 0 aliphatic heterocycles. The summed E-state index contributed by atoms with van der Waals surface area (Å²) in [5, 5.41) is 30.2. The lowest BCUT2D eigenvalue weighted by Gasteiger charge is -2.11. The van der Waals surface area contributed by atoms with Crippen molar-refractivity contribution in [2.24, 2.45) is 22.9 Å². The molecule has 13 heteroatoms.